The molecule has 1 amide bonds. The first-order chi connectivity index (χ1) is 23.8. The molecule has 6 rings (SSSR count). The third kappa shape index (κ3) is 6.93. The maximum atomic E-state index is 14.3. The minimum absolute atomic E-state index is 0.187. The van der Waals surface area contributed by atoms with Gasteiger partial charge in [0.2, 0.25) is 0 Å². The normalized spacial score (nSPS) is 15.9. The van der Waals surface area contributed by atoms with Gasteiger partial charge < -0.3 is 14.7 Å². The fourth-order valence-corrected chi connectivity index (χ4v) is 13.1. The number of amides is 1. The van der Waals surface area contributed by atoms with Crippen LogP contribution in [0.5, 0.6) is 0 Å². The van der Waals surface area contributed by atoms with Crippen LogP contribution < -0.4 is 16.1 Å². The molecular formula is C41H46N4O3SSi. The number of benzene rings is 3. The van der Waals surface area contributed by atoms with E-state index in [4.69, 9.17) is 15.1 Å². The van der Waals surface area contributed by atoms with Crippen LogP contribution in [0, 0.1) is 0 Å². The van der Waals surface area contributed by atoms with Gasteiger partial charge in [-0.1, -0.05) is 106 Å². The number of carbonyl (C=O) groups excluding carboxylic acids is 1. The number of rotatable bonds is 10. The van der Waals surface area contributed by atoms with Crippen LogP contribution in [0.1, 0.15) is 75.6 Å². The molecule has 0 saturated carbocycles. The Hall–Kier alpha value is -4.12. The van der Waals surface area contributed by atoms with Crippen LogP contribution in [-0.2, 0) is 22.3 Å². The number of nitrogens with two attached hydrogens (primary N) is 1. The topological polar surface area (TPSA) is 104 Å². The quantitative estimate of drug-likeness (QED) is 0.122. The van der Waals surface area contributed by atoms with Gasteiger partial charge in [0.05, 0.1) is 18.3 Å². The third-order valence-corrected chi connectivity index (χ3v) is 16.3. The Bertz CT molecular complexity index is 1910. The molecule has 0 spiro atoms. The van der Waals surface area contributed by atoms with Crippen molar-refractivity contribution in [2.75, 3.05) is 6.61 Å². The van der Waals surface area contributed by atoms with E-state index in [0.717, 1.165) is 27.8 Å². The van der Waals surface area contributed by atoms with Crippen molar-refractivity contribution in [3.8, 4) is 22.4 Å². The molecule has 9 heteroatoms. The van der Waals surface area contributed by atoms with E-state index >= 15 is 0 Å². The Morgan fingerprint density at radius 1 is 0.880 bits per heavy atom. The van der Waals surface area contributed by atoms with Crippen LogP contribution in [0.4, 0.5) is 0 Å². The van der Waals surface area contributed by atoms with Crippen LogP contribution in [0.25, 0.3) is 22.4 Å². The largest absolute Gasteiger partial charge is 0.597 e. The smallest absolute Gasteiger partial charge is 0.267 e. The first-order valence-electron chi connectivity index (χ1n) is 17.1. The number of aromatic nitrogens is 2. The number of hydrogen-bond donors (Lipinski definition) is 1. The highest BCUT2D eigenvalue weighted by Crippen LogP contribution is 2.46. The molecule has 1 aliphatic heterocycles. The van der Waals surface area contributed by atoms with E-state index in [9.17, 15) is 9.35 Å². The monoisotopic (exact) mass is 702 g/mol. The SMILES string of the molecule is CC(C)(C)[S@@+]([O-])N1Cc2cc(C(N)=O)nc(-c3cccc(-c4cccnc4)c3)c2[C@H]1CCO[Si](c1ccccc1)(c1ccccc1)C(C)(C)C. The van der Waals surface area contributed by atoms with Gasteiger partial charge in [-0.05, 0) is 71.9 Å². The second kappa shape index (κ2) is 14.2. The molecule has 2 atom stereocenters. The van der Waals surface area contributed by atoms with Crippen LogP contribution in [0.3, 0.4) is 0 Å². The Balaban J connectivity index is 1.46. The van der Waals surface area contributed by atoms with Crippen molar-refractivity contribution < 1.29 is 13.8 Å². The molecule has 2 N–H and O–H groups in total. The summed E-state index contributed by atoms with van der Waals surface area (Å²) in [5.41, 5.74) is 11.4. The van der Waals surface area contributed by atoms with E-state index in [1.165, 1.54) is 10.4 Å². The van der Waals surface area contributed by atoms with Gasteiger partial charge in [-0.2, -0.15) is 0 Å². The highest BCUT2D eigenvalue weighted by molar-refractivity contribution is 7.90. The van der Waals surface area contributed by atoms with Gasteiger partial charge in [0.1, 0.15) is 10.4 Å². The standard InChI is InChI=1S/C41H46N4O3SSi/c1-40(2,3)49(47)45-28-32-26-35(39(42)46)44-38(30-16-13-15-29(25-30)31-17-14-23-43-27-31)37(32)36(45)22-24-48-50(41(4,5)6,33-18-9-7-10-19-33)34-20-11-8-12-21-34/h7-21,23,25-27,36H,22,24,28H2,1-6H3,(H2,42,46)/t36-,49-/m1/s1. The van der Waals surface area contributed by atoms with E-state index in [0.29, 0.717) is 25.3 Å². The molecule has 0 fully saturated rings. The van der Waals surface area contributed by atoms with Crippen molar-refractivity contribution in [1.82, 2.24) is 14.3 Å². The molecule has 1 aliphatic rings. The minimum atomic E-state index is -2.82. The average molecular weight is 703 g/mol. The van der Waals surface area contributed by atoms with Crippen molar-refractivity contribution >= 4 is 36.0 Å². The second-order valence-electron chi connectivity index (χ2n) is 14.9. The molecule has 0 saturated heterocycles. The van der Waals surface area contributed by atoms with E-state index in [1.54, 1.807) is 12.3 Å². The predicted octanol–water partition coefficient (Wildman–Crippen LogP) is 7.20. The van der Waals surface area contributed by atoms with Gasteiger partial charge in [-0.15, -0.1) is 4.31 Å². The number of hydrogen-bond acceptors (Lipinski definition) is 6. The minimum Gasteiger partial charge on any atom is -0.597 e. The van der Waals surface area contributed by atoms with Crippen molar-refractivity contribution in [3.63, 3.8) is 0 Å². The van der Waals surface area contributed by atoms with Crippen molar-refractivity contribution in [3.05, 3.63) is 132 Å². The maximum absolute atomic E-state index is 14.3. The lowest BCUT2D eigenvalue weighted by Crippen LogP contribution is -2.66. The van der Waals surface area contributed by atoms with Crippen molar-refractivity contribution in [2.45, 2.75) is 70.3 Å². The molecule has 3 aromatic carbocycles. The summed E-state index contributed by atoms with van der Waals surface area (Å²) in [5, 5.41) is 2.23. The lowest BCUT2D eigenvalue weighted by molar-refractivity contribution is 0.0995. The zero-order valence-corrected chi connectivity index (χ0v) is 31.5. The summed E-state index contributed by atoms with van der Waals surface area (Å²) in [5.74, 6) is -0.598. The number of fused-ring (bicyclic) bond motifs is 1. The first kappa shape index (κ1) is 35.7. The Morgan fingerprint density at radius 2 is 1.50 bits per heavy atom. The van der Waals surface area contributed by atoms with Gasteiger partial charge in [-0.3, -0.25) is 9.78 Å². The average Bonchev–Trinajstić information content (AvgIpc) is 3.47. The highest BCUT2D eigenvalue weighted by Gasteiger charge is 2.51. The molecular weight excluding hydrogens is 657 g/mol. The fraction of sp³-hybridized carbons (Fsp3) is 0.293. The van der Waals surface area contributed by atoms with Crippen LogP contribution in [0.2, 0.25) is 5.04 Å². The fourth-order valence-electron chi connectivity index (χ4n) is 7.16. The van der Waals surface area contributed by atoms with Crippen molar-refractivity contribution in [2.24, 2.45) is 5.73 Å². The van der Waals surface area contributed by atoms with Gasteiger partial charge in [0, 0.05) is 47.1 Å². The van der Waals surface area contributed by atoms with Crippen LogP contribution >= 0.6 is 0 Å². The second-order valence-corrected chi connectivity index (χ2v) is 21.4. The predicted molar refractivity (Wildman–Crippen MR) is 206 cm³/mol. The van der Waals surface area contributed by atoms with Gasteiger partial charge in [-0.25, -0.2) is 4.98 Å². The summed E-state index contributed by atoms with van der Waals surface area (Å²) in [4.78, 5) is 21.8. The summed E-state index contributed by atoms with van der Waals surface area (Å²) in [6.45, 7) is 13.6. The summed E-state index contributed by atoms with van der Waals surface area (Å²) in [7, 11) is -2.82. The lowest BCUT2D eigenvalue weighted by Gasteiger charge is -2.43. The van der Waals surface area contributed by atoms with E-state index in [-0.39, 0.29) is 16.8 Å². The Kier molecular flexibility index (Phi) is 10.2. The van der Waals surface area contributed by atoms with Gasteiger partial charge >= 0.3 is 0 Å². The molecule has 0 bridgehead atoms. The summed E-state index contributed by atoms with van der Waals surface area (Å²) < 4.78 is 23.2. The Labute approximate surface area is 300 Å². The van der Waals surface area contributed by atoms with Crippen LogP contribution in [0.15, 0.2) is 116 Å². The third-order valence-electron chi connectivity index (χ3n) is 9.40. The lowest BCUT2D eigenvalue weighted by atomic mass is 9.94. The highest BCUT2D eigenvalue weighted by atomic mass is 32.2. The molecule has 5 aromatic rings. The Morgan fingerprint density at radius 3 is 2.06 bits per heavy atom. The summed E-state index contributed by atoms with van der Waals surface area (Å²) in [6.07, 6.45) is 4.16. The van der Waals surface area contributed by atoms with Gasteiger partial charge in [0.25, 0.3) is 14.2 Å². The molecule has 0 unspecified atom stereocenters. The number of nitrogens with zero attached hydrogens (tertiary/aromatic N) is 3. The van der Waals surface area contributed by atoms with Crippen molar-refractivity contribution in [1.29, 1.82) is 0 Å². The number of primary amides is 1. The summed E-state index contributed by atoms with van der Waals surface area (Å²) >= 11 is -1.36. The molecule has 0 aliphatic carbocycles. The van der Waals surface area contributed by atoms with E-state index in [1.807, 2.05) is 69.4 Å². The van der Waals surface area contributed by atoms with E-state index in [2.05, 4.69) is 84.7 Å². The molecule has 0 radical (unpaired) electrons. The molecule has 258 valence electrons. The molecule has 3 heterocycles. The molecule has 2 aromatic heterocycles. The zero-order chi connectivity index (χ0) is 35.7. The van der Waals surface area contributed by atoms with Gasteiger partial charge in [0.15, 0.2) is 0 Å². The summed E-state index contributed by atoms with van der Waals surface area (Å²) in [6, 6.07) is 34.7. The van der Waals surface area contributed by atoms with E-state index < -0.39 is 30.3 Å². The first-order valence-corrected chi connectivity index (χ1v) is 20.1. The molecule has 50 heavy (non-hydrogen) atoms. The molecule has 7 nitrogen and oxygen atoms in total. The number of pyridine rings is 2. The van der Waals surface area contributed by atoms with Crippen LogP contribution in [-0.4, -0.2) is 44.4 Å². The maximum Gasteiger partial charge on any atom is 0.267 e. The number of carbonyl (C=O) groups is 1. The zero-order valence-electron chi connectivity index (χ0n) is 29.7.